The molecule has 4 rings (SSSR count). The molecule has 1 atom stereocenters. The number of carbonyl (C=O) groups excluding carboxylic acids is 2. The zero-order chi connectivity index (χ0) is 22.0. The fourth-order valence-electron chi connectivity index (χ4n) is 3.85. The summed E-state index contributed by atoms with van der Waals surface area (Å²) in [6.07, 6.45) is 0.874. The molecule has 1 saturated heterocycles. The van der Waals surface area contributed by atoms with Crippen LogP contribution in [0.5, 0.6) is 5.75 Å². The molecule has 3 aromatic rings. The van der Waals surface area contributed by atoms with Crippen molar-refractivity contribution in [3.63, 3.8) is 0 Å². The lowest BCUT2D eigenvalue weighted by atomic mass is 9.95. The maximum absolute atomic E-state index is 13.1. The summed E-state index contributed by atoms with van der Waals surface area (Å²) in [6.45, 7) is 2.06. The third-order valence-corrected chi connectivity index (χ3v) is 5.55. The molecule has 5 heteroatoms. The highest BCUT2D eigenvalue weighted by Crippen LogP contribution is 2.42. The average molecular weight is 413 g/mol. The fraction of sp³-hybridized carbons (Fsp3) is 0.154. The number of ketones is 1. The van der Waals surface area contributed by atoms with E-state index in [2.05, 4.69) is 6.92 Å². The van der Waals surface area contributed by atoms with Crippen molar-refractivity contribution in [1.29, 1.82) is 0 Å². The molecule has 31 heavy (non-hydrogen) atoms. The summed E-state index contributed by atoms with van der Waals surface area (Å²) >= 11 is 0. The molecule has 3 aromatic carbocycles. The normalized spacial score (nSPS) is 17.7. The Balaban J connectivity index is 1.88. The Hall–Kier alpha value is -3.86. The third-order valence-electron chi connectivity index (χ3n) is 5.55. The summed E-state index contributed by atoms with van der Waals surface area (Å²) in [5.41, 5.74) is 3.01. The summed E-state index contributed by atoms with van der Waals surface area (Å²) in [4.78, 5) is 27.7. The standard InChI is InChI=1S/C26H23NO4/c1-3-17-9-13-20(14-10-17)27-23(18-7-5-4-6-8-18)22(25(29)26(27)30)24(28)19-11-15-21(31-2)16-12-19/h4-16,23,28H,3H2,1-2H3/b24-22+. The van der Waals surface area contributed by atoms with E-state index in [-0.39, 0.29) is 11.3 Å². The molecular formula is C26H23NO4. The maximum atomic E-state index is 13.1. The average Bonchev–Trinajstić information content (AvgIpc) is 3.09. The minimum absolute atomic E-state index is 0.0703. The summed E-state index contributed by atoms with van der Waals surface area (Å²) < 4.78 is 5.17. The number of amides is 1. The number of hydrogen-bond donors (Lipinski definition) is 1. The van der Waals surface area contributed by atoms with Crippen LogP contribution in [0, 0.1) is 0 Å². The molecule has 1 N–H and O–H groups in total. The summed E-state index contributed by atoms with van der Waals surface area (Å²) in [7, 11) is 1.56. The third kappa shape index (κ3) is 3.70. The number of rotatable bonds is 5. The molecule has 1 unspecified atom stereocenters. The van der Waals surface area contributed by atoms with Crippen molar-refractivity contribution in [2.24, 2.45) is 0 Å². The number of ether oxygens (including phenoxy) is 1. The van der Waals surface area contributed by atoms with E-state index in [0.29, 0.717) is 17.0 Å². The highest BCUT2D eigenvalue weighted by molar-refractivity contribution is 6.51. The minimum Gasteiger partial charge on any atom is -0.507 e. The number of methoxy groups -OCH3 is 1. The number of anilines is 1. The van der Waals surface area contributed by atoms with E-state index < -0.39 is 17.7 Å². The second-order valence-electron chi connectivity index (χ2n) is 7.33. The first-order chi connectivity index (χ1) is 15.0. The SMILES string of the molecule is CCc1ccc(N2C(=O)C(=O)/C(=C(/O)c3ccc(OC)cc3)C2c2ccccc2)cc1. The van der Waals surface area contributed by atoms with Gasteiger partial charge < -0.3 is 9.84 Å². The maximum Gasteiger partial charge on any atom is 0.300 e. The zero-order valence-corrected chi connectivity index (χ0v) is 17.4. The summed E-state index contributed by atoms with van der Waals surface area (Å²) in [5.74, 6) is -0.940. The first-order valence-electron chi connectivity index (χ1n) is 10.1. The molecule has 1 aliphatic heterocycles. The molecule has 156 valence electrons. The van der Waals surface area contributed by atoms with E-state index in [1.54, 1.807) is 31.4 Å². The quantitative estimate of drug-likeness (QED) is 0.368. The van der Waals surface area contributed by atoms with Crippen molar-refractivity contribution in [2.45, 2.75) is 19.4 Å². The van der Waals surface area contributed by atoms with Crippen molar-refractivity contribution in [2.75, 3.05) is 12.0 Å². The lowest BCUT2D eigenvalue weighted by Crippen LogP contribution is -2.29. The van der Waals surface area contributed by atoms with Crippen molar-refractivity contribution < 1.29 is 19.4 Å². The Labute approximate surface area is 181 Å². The van der Waals surface area contributed by atoms with Crippen molar-refractivity contribution in [1.82, 2.24) is 0 Å². The van der Waals surface area contributed by atoms with Gasteiger partial charge in [-0.2, -0.15) is 0 Å². The molecular weight excluding hydrogens is 390 g/mol. The van der Waals surface area contributed by atoms with E-state index in [1.165, 1.54) is 4.90 Å². The molecule has 0 aromatic heterocycles. The summed E-state index contributed by atoms with van der Waals surface area (Å²) in [5, 5.41) is 11.1. The first-order valence-corrected chi connectivity index (χ1v) is 10.1. The second kappa shape index (κ2) is 8.48. The van der Waals surface area contributed by atoms with Gasteiger partial charge in [-0.25, -0.2) is 0 Å². The lowest BCUT2D eigenvalue weighted by molar-refractivity contribution is -0.132. The largest absolute Gasteiger partial charge is 0.507 e. The van der Waals surface area contributed by atoms with Gasteiger partial charge in [0.1, 0.15) is 11.5 Å². The highest BCUT2D eigenvalue weighted by Gasteiger charge is 2.46. The number of Topliss-reactive ketones (excluding diaryl/α,β-unsaturated/α-hetero) is 1. The topological polar surface area (TPSA) is 66.8 Å². The molecule has 1 amide bonds. The van der Waals surface area contributed by atoms with Gasteiger partial charge >= 0.3 is 0 Å². The minimum atomic E-state index is -0.726. The Morgan fingerprint density at radius 3 is 2.16 bits per heavy atom. The number of aryl methyl sites for hydroxylation is 1. The molecule has 0 spiro atoms. The highest BCUT2D eigenvalue weighted by atomic mass is 16.5. The van der Waals surface area contributed by atoms with Gasteiger partial charge in [-0.15, -0.1) is 0 Å². The van der Waals surface area contributed by atoms with Crippen LogP contribution in [0.25, 0.3) is 5.76 Å². The number of benzene rings is 3. The monoisotopic (exact) mass is 413 g/mol. The molecule has 0 saturated carbocycles. The van der Waals surface area contributed by atoms with Gasteiger partial charge in [-0.05, 0) is 53.9 Å². The molecule has 1 heterocycles. The van der Waals surface area contributed by atoms with Gasteiger partial charge in [0, 0.05) is 11.3 Å². The number of hydrogen-bond acceptors (Lipinski definition) is 4. The Kier molecular flexibility index (Phi) is 5.58. The van der Waals surface area contributed by atoms with Crippen LogP contribution < -0.4 is 9.64 Å². The molecule has 0 bridgehead atoms. The van der Waals surface area contributed by atoms with Crippen molar-refractivity contribution in [3.8, 4) is 5.75 Å². The van der Waals surface area contributed by atoms with Gasteiger partial charge in [-0.3, -0.25) is 14.5 Å². The second-order valence-corrected chi connectivity index (χ2v) is 7.33. The van der Waals surface area contributed by atoms with Crippen LogP contribution >= 0.6 is 0 Å². The smallest absolute Gasteiger partial charge is 0.300 e. The molecule has 1 fully saturated rings. The number of nitrogens with zero attached hydrogens (tertiary/aromatic N) is 1. The van der Waals surface area contributed by atoms with Crippen LogP contribution in [-0.4, -0.2) is 23.9 Å². The zero-order valence-electron chi connectivity index (χ0n) is 17.4. The molecule has 1 aliphatic rings. The summed E-state index contributed by atoms with van der Waals surface area (Å²) in [6, 6.07) is 22.9. The van der Waals surface area contributed by atoms with Crippen molar-refractivity contribution in [3.05, 3.63) is 101 Å². The van der Waals surface area contributed by atoms with Crippen molar-refractivity contribution >= 4 is 23.1 Å². The van der Waals surface area contributed by atoms with Gasteiger partial charge in [0.15, 0.2) is 0 Å². The van der Waals surface area contributed by atoms with Crippen LogP contribution in [0.3, 0.4) is 0 Å². The van der Waals surface area contributed by atoms with Crippen LogP contribution in [0.2, 0.25) is 0 Å². The Morgan fingerprint density at radius 1 is 0.935 bits per heavy atom. The van der Waals surface area contributed by atoms with E-state index in [9.17, 15) is 14.7 Å². The van der Waals surface area contributed by atoms with Gasteiger partial charge in [0.05, 0.1) is 18.7 Å². The van der Waals surface area contributed by atoms with Crippen LogP contribution in [0.1, 0.15) is 29.7 Å². The Bertz CT molecular complexity index is 1130. The first kappa shape index (κ1) is 20.4. The van der Waals surface area contributed by atoms with Gasteiger partial charge in [-0.1, -0.05) is 49.4 Å². The van der Waals surface area contributed by atoms with Crippen LogP contribution in [0.4, 0.5) is 5.69 Å². The predicted octanol–water partition coefficient (Wildman–Crippen LogP) is 4.88. The fourth-order valence-corrected chi connectivity index (χ4v) is 3.85. The predicted molar refractivity (Wildman–Crippen MR) is 120 cm³/mol. The van der Waals surface area contributed by atoms with Crippen LogP contribution in [-0.2, 0) is 16.0 Å². The number of aliphatic hydroxyl groups excluding tert-OH is 1. The van der Waals surface area contributed by atoms with E-state index in [4.69, 9.17) is 4.74 Å². The molecule has 5 nitrogen and oxygen atoms in total. The lowest BCUT2D eigenvalue weighted by Gasteiger charge is -2.25. The van der Waals surface area contributed by atoms with Gasteiger partial charge in [0.25, 0.3) is 11.7 Å². The molecule has 0 aliphatic carbocycles. The van der Waals surface area contributed by atoms with Gasteiger partial charge in [0.2, 0.25) is 0 Å². The number of carbonyl (C=O) groups is 2. The number of aliphatic hydroxyl groups is 1. The van der Waals surface area contributed by atoms with E-state index in [0.717, 1.165) is 17.5 Å². The molecule has 0 radical (unpaired) electrons. The van der Waals surface area contributed by atoms with Crippen LogP contribution in [0.15, 0.2) is 84.4 Å². The Morgan fingerprint density at radius 2 is 1.58 bits per heavy atom. The van der Waals surface area contributed by atoms with E-state index >= 15 is 0 Å². The van der Waals surface area contributed by atoms with E-state index in [1.807, 2.05) is 54.6 Å².